The second-order valence-electron chi connectivity index (χ2n) is 5.12. The number of hydrogen-bond acceptors (Lipinski definition) is 5. The highest BCUT2D eigenvalue weighted by Gasteiger charge is 2.21. The van der Waals surface area contributed by atoms with Crippen LogP contribution in [-0.4, -0.2) is 27.2 Å². The summed E-state index contributed by atoms with van der Waals surface area (Å²) < 4.78 is 29.4. The summed E-state index contributed by atoms with van der Waals surface area (Å²) in [5.74, 6) is 0.192. The van der Waals surface area contributed by atoms with E-state index in [1.165, 1.54) is 39.5 Å². The lowest BCUT2D eigenvalue weighted by Crippen LogP contribution is -2.28. The lowest BCUT2D eigenvalue weighted by atomic mass is 10.1. The first-order valence-electron chi connectivity index (χ1n) is 7.40. The number of methoxy groups -OCH3 is 3. The van der Waals surface area contributed by atoms with Crippen molar-refractivity contribution in [2.45, 2.75) is 6.04 Å². The second kappa shape index (κ2) is 8.71. The Morgan fingerprint density at radius 2 is 1.77 bits per heavy atom. The van der Waals surface area contributed by atoms with Crippen molar-refractivity contribution >= 4 is 28.5 Å². The molecule has 0 aromatic heterocycles. The number of halogens is 2. The van der Waals surface area contributed by atoms with Crippen molar-refractivity contribution in [3.63, 3.8) is 0 Å². The van der Waals surface area contributed by atoms with E-state index in [0.29, 0.717) is 26.4 Å². The maximum atomic E-state index is 13.2. The van der Waals surface area contributed by atoms with Gasteiger partial charge in [-0.2, -0.15) is 5.26 Å². The average Bonchev–Trinajstić information content (AvgIpc) is 2.64. The van der Waals surface area contributed by atoms with E-state index in [1.807, 2.05) is 28.7 Å². The molecule has 2 aromatic rings. The minimum atomic E-state index is -0.961. The zero-order valence-electron chi connectivity index (χ0n) is 14.3. The molecular formula is C18H16FIN2O4. The summed E-state index contributed by atoms with van der Waals surface area (Å²) in [6.45, 7) is 0. The highest BCUT2D eigenvalue weighted by molar-refractivity contribution is 14.1. The Labute approximate surface area is 164 Å². The number of ether oxygens (including phenoxy) is 3. The number of nitrogens with zero attached hydrogens (tertiary/aromatic N) is 1. The standard InChI is InChI=1S/C18H16FIN2O4/c1-24-15-6-10(7-16(25-2)17(15)26-3)14(9-21)22-18(23)12-5-4-11(19)8-13(12)20/h4-8,14H,1-3H3,(H,22,23). The molecule has 8 heteroatoms. The summed E-state index contributed by atoms with van der Waals surface area (Å²) in [5, 5.41) is 12.1. The summed E-state index contributed by atoms with van der Waals surface area (Å²) in [6, 6.07) is 8.06. The minimum absolute atomic E-state index is 0.277. The molecule has 0 spiro atoms. The molecule has 0 saturated heterocycles. The van der Waals surface area contributed by atoms with Crippen molar-refractivity contribution < 1.29 is 23.4 Å². The van der Waals surface area contributed by atoms with Gasteiger partial charge in [0.2, 0.25) is 5.75 Å². The van der Waals surface area contributed by atoms with Crippen LogP contribution in [0.5, 0.6) is 17.2 Å². The number of carbonyl (C=O) groups is 1. The van der Waals surface area contributed by atoms with Gasteiger partial charge in [0.25, 0.3) is 5.91 Å². The maximum Gasteiger partial charge on any atom is 0.253 e. The van der Waals surface area contributed by atoms with E-state index in [4.69, 9.17) is 14.2 Å². The molecule has 0 aliphatic heterocycles. The van der Waals surface area contributed by atoms with Gasteiger partial charge in [0.05, 0.1) is 33.0 Å². The molecular weight excluding hydrogens is 454 g/mol. The van der Waals surface area contributed by atoms with E-state index < -0.39 is 17.8 Å². The Balaban J connectivity index is 2.36. The fourth-order valence-corrected chi connectivity index (χ4v) is 3.06. The Morgan fingerprint density at radius 1 is 1.15 bits per heavy atom. The summed E-state index contributed by atoms with van der Waals surface area (Å²) in [6.07, 6.45) is 0. The molecule has 6 nitrogen and oxygen atoms in total. The highest BCUT2D eigenvalue weighted by Crippen LogP contribution is 2.39. The van der Waals surface area contributed by atoms with E-state index in [0.717, 1.165) is 0 Å². The second-order valence-corrected chi connectivity index (χ2v) is 6.28. The lowest BCUT2D eigenvalue weighted by molar-refractivity contribution is 0.0944. The van der Waals surface area contributed by atoms with Gasteiger partial charge in [0, 0.05) is 3.57 Å². The molecule has 1 unspecified atom stereocenters. The minimum Gasteiger partial charge on any atom is -0.493 e. The third-order valence-corrected chi connectivity index (χ3v) is 4.49. The van der Waals surface area contributed by atoms with E-state index >= 15 is 0 Å². The molecule has 0 bridgehead atoms. The molecule has 2 aromatic carbocycles. The van der Waals surface area contributed by atoms with Crippen molar-refractivity contribution in [2.24, 2.45) is 0 Å². The van der Waals surface area contributed by atoms with Crippen LogP contribution in [0.15, 0.2) is 30.3 Å². The SMILES string of the molecule is COc1cc(C(C#N)NC(=O)c2ccc(F)cc2I)cc(OC)c1OC. The number of carbonyl (C=O) groups excluding carboxylic acids is 1. The van der Waals surface area contributed by atoms with Gasteiger partial charge < -0.3 is 19.5 Å². The number of hydrogen-bond donors (Lipinski definition) is 1. The van der Waals surface area contributed by atoms with Gasteiger partial charge in [-0.1, -0.05) is 0 Å². The lowest BCUT2D eigenvalue weighted by Gasteiger charge is -2.17. The predicted molar refractivity (Wildman–Crippen MR) is 101 cm³/mol. The zero-order valence-corrected chi connectivity index (χ0v) is 16.5. The Bertz CT molecular complexity index is 842. The third kappa shape index (κ3) is 4.16. The van der Waals surface area contributed by atoms with Crippen molar-refractivity contribution in [3.05, 3.63) is 50.8 Å². The van der Waals surface area contributed by atoms with Crippen LogP contribution in [0.4, 0.5) is 4.39 Å². The molecule has 26 heavy (non-hydrogen) atoms. The van der Waals surface area contributed by atoms with Crippen LogP contribution in [0.1, 0.15) is 22.0 Å². The van der Waals surface area contributed by atoms with Crippen molar-refractivity contribution in [2.75, 3.05) is 21.3 Å². The van der Waals surface area contributed by atoms with Gasteiger partial charge in [-0.05, 0) is 58.5 Å². The van der Waals surface area contributed by atoms with E-state index in [-0.39, 0.29) is 5.56 Å². The number of nitrogens with one attached hydrogen (secondary N) is 1. The van der Waals surface area contributed by atoms with Crippen LogP contribution in [0.2, 0.25) is 0 Å². The fraction of sp³-hybridized carbons (Fsp3) is 0.222. The molecule has 0 aliphatic carbocycles. The van der Waals surface area contributed by atoms with Gasteiger partial charge in [0.15, 0.2) is 11.5 Å². The van der Waals surface area contributed by atoms with Crippen molar-refractivity contribution in [1.82, 2.24) is 5.32 Å². The van der Waals surface area contributed by atoms with Crippen LogP contribution in [0.3, 0.4) is 0 Å². The van der Waals surface area contributed by atoms with Crippen molar-refractivity contribution in [1.29, 1.82) is 5.26 Å². The van der Waals surface area contributed by atoms with E-state index in [2.05, 4.69) is 5.32 Å². The Hall–Kier alpha value is -2.54. The molecule has 0 saturated carbocycles. The van der Waals surface area contributed by atoms with Crippen LogP contribution >= 0.6 is 22.6 Å². The van der Waals surface area contributed by atoms with Crippen LogP contribution in [-0.2, 0) is 0 Å². The number of nitriles is 1. The van der Waals surface area contributed by atoms with Crippen LogP contribution in [0, 0.1) is 20.7 Å². The molecule has 136 valence electrons. The maximum absolute atomic E-state index is 13.2. The Morgan fingerprint density at radius 3 is 2.23 bits per heavy atom. The average molecular weight is 470 g/mol. The van der Waals surface area contributed by atoms with E-state index in [1.54, 1.807) is 12.1 Å². The normalized spacial score (nSPS) is 11.2. The van der Waals surface area contributed by atoms with Crippen LogP contribution < -0.4 is 19.5 Å². The molecule has 0 aliphatic rings. The quantitative estimate of drug-likeness (QED) is 0.655. The summed E-state index contributed by atoms with van der Waals surface area (Å²) >= 11 is 1.87. The smallest absolute Gasteiger partial charge is 0.253 e. The fourth-order valence-electron chi connectivity index (χ4n) is 2.34. The topological polar surface area (TPSA) is 80.6 Å². The van der Waals surface area contributed by atoms with Gasteiger partial charge in [-0.15, -0.1) is 0 Å². The highest BCUT2D eigenvalue weighted by atomic mass is 127. The van der Waals surface area contributed by atoms with Gasteiger partial charge in [-0.25, -0.2) is 4.39 Å². The molecule has 1 N–H and O–H groups in total. The van der Waals surface area contributed by atoms with Gasteiger partial charge >= 0.3 is 0 Å². The van der Waals surface area contributed by atoms with Gasteiger partial charge in [0.1, 0.15) is 11.9 Å². The molecule has 1 amide bonds. The summed E-state index contributed by atoms with van der Waals surface area (Å²) in [7, 11) is 4.39. The molecule has 0 heterocycles. The molecule has 1 atom stereocenters. The largest absolute Gasteiger partial charge is 0.493 e. The first-order valence-corrected chi connectivity index (χ1v) is 8.48. The monoisotopic (exact) mass is 470 g/mol. The van der Waals surface area contributed by atoms with Crippen molar-refractivity contribution in [3.8, 4) is 23.3 Å². The summed E-state index contributed by atoms with van der Waals surface area (Å²) in [4.78, 5) is 12.5. The molecule has 2 rings (SSSR count). The third-order valence-electron chi connectivity index (χ3n) is 3.60. The van der Waals surface area contributed by atoms with Gasteiger partial charge in [-0.3, -0.25) is 4.79 Å². The zero-order chi connectivity index (χ0) is 19.3. The first-order chi connectivity index (χ1) is 12.4. The number of benzene rings is 2. The summed E-state index contributed by atoms with van der Waals surface area (Å²) in [5.41, 5.74) is 0.743. The first kappa shape index (κ1) is 19.8. The van der Waals surface area contributed by atoms with E-state index in [9.17, 15) is 14.4 Å². The number of rotatable bonds is 6. The molecule has 0 fully saturated rings. The predicted octanol–water partition coefficient (Wildman–Crippen LogP) is 3.45. The van der Waals surface area contributed by atoms with Crippen LogP contribution in [0.25, 0.3) is 0 Å². The Kier molecular flexibility index (Phi) is 6.63. The number of amides is 1. The molecule has 0 radical (unpaired) electrons.